The molecule has 1 rings (SSSR count). The molecule has 1 atom stereocenters. The van der Waals surface area contributed by atoms with Crippen LogP contribution in [0, 0.1) is 5.41 Å². The second-order valence-corrected chi connectivity index (χ2v) is 4.38. The summed E-state index contributed by atoms with van der Waals surface area (Å²) < 4.78 is 43.5. The molecular formula is C10H16F3NO3. The van der Waals surface area contributed by atoms with Crippen molar-refractivity contribution in [3.63, 3.8) is 0 Å². The van der Waals surface area contributed by atoms with Crippen molar-refractivity contribution in [3.8, 4) is 0 Å². The molecule has 0 bridgehead atoms. The van der Waals surface area contributed by atoms with Crippen LogP contribution in [0.5, 0.6) is 0 Å². The summed E-state index contributed by atoms with van der Waals surface area (Å²) in [5.41, 5.74) is -1.85. The zero-order chi connectivity index (χ0) is 13.1. The average Bonchev–Trinajstić information content (AvgIpc) is 2.59. The van der Waals surface area contributed by atoms with Crippen LogP contribution in [0.3, 0.4) is 0 Å². The molecule has 1 saturated heterocycles. The molecule has 100 valence electrons. The van der Waals surface area contributed by atoms with E-state index in [9.17, 15) is 18.0 Å². The first-order valence-electron chi connectivity index (χ1n) is 5.30. The summed E-state index contributed by atoms with van der Waals surface area (Å²) in [5.74, 6) is -0.999. The number of hydrogen-bond donors (Lipinski definition) is 1. The van der Waals surface area contributed by atoms with Gasteiger partial charge in [0, 0.05) is 20.2 Å². The highest BCUT2D eigenvalue weighted by Crippen LogP contribution is 2.45. The zero-order valence-electron chi connectivity index (χ0n) is 9.59. The number of nitrogens with zero attached hydrogens (tertiary/aromatic N) is 1. The molecule has 1 aliphatic rings. The molecule has 4 nitrogen and oxygen atoms in total. The van der Waals surface area contributed by atoms with E-state index in [1.165, 1.54) is 12.0 Å². The third kappa shape index (κ3) is 3.32. The number of halogens is 3. The Morgan fingerprint density at radius 1 is 1.53 bits per heavy atom. The van der Waals surface area contributed by atoms with Crippen molar-refractivity contribution in [2.75, 3.05) is 33.4 Å². The van der Waals surface area contributed by atoms with Crippen LogP contribution in [0.15, 0.2) is 0 Å². The van der Waals surface area contributed by atoms with E-state index in [1.807, 2.05) is 0 Å². The average molecular weight is 255 g/mol. The van der Waals surface area contributed by atoms with Crippen LogP contribution < -0.4 is 0 Å². The molecule has 0 saturated carbocycles. The minimum absolute atomic E-state index is 0.0377. The van der Waals surface area contributed by atoms with Crippen molar-refractivity contribution in [1.82, 2.24) is 4.90 Å². The normalized spacial score (nSPS) is 26.4. The predicted octanol–water partition coefficient (Wildman–Crippen LogP) is 1.36. The van der Waals surface area contributed by atoms with Gasteiger partial charge in [-0.2, -0.15) is 13.2 Å². The maximum atomic E-state index is 13.0. The smallest absolute Gasteiger partial charge is 0.397 e. The predicted molar refractivity (Wildman–Crippen MR) is 53.7 cm³/mol. The lowest BCUT2D eigenvalue weighted by Crippen LogP contribution is -2.44. The molecule has 0 aromatic heterocycles. The third-order valence-corrected chi connectivity index (χ3v) is 3.10. The van der Waals surface area contributed by atoms with Crippen LogP contribution in [0.1, 0.15) is 12.8 Å². The van der Waals surface area contributed by atoms with E-state index in [4.69, 9.17) is 5.11 Å². The fourth-order valence-corrected chi connectivity index (χ4v) is 2.11. The van der Waals surface area contributed by atoms with E-state index in [0.29, 0.717) is 0 Å². The van der Waals surface area contributed by atoms with Gasteiger partial charge in [0.25, 0.3) is 0 Å². The number of likely N-dealkylation sites (tertiary alicyclic amines) is 1. The lowest BCUT2D eigenvalue weighted by molar-refractivity contribution is -0.233. The minimum atomic E-state index is -4.32. The van der Waals surface area contributed by atoms with Crippen molar-refractivity contribution in [2.45, 2.75) is 19.0 Å². The summed E-state index contributed by atoms with van der Waals surface area (Å²) in [4.78, 5) is 11.9. The Bertz CT molecular complexity index is 282. The second-order valence-electron chi connectivity index (χ2n) is 4.38. The van der Waals surface area contributed by atoms with Gasteiger partial charge in [0.1, 0.15) is 5.41 Å². The summed E-state index contributed by atoms with van der Waals surface area (Å²) in [6, 6.07) is 0. The maximum Gasteiger partial charge on any atom is 0.397 e. The molecule has 0 radical (unpaired) electrons. The van der Waals surface area contributed by atoms with Crippen LogP contribution in [0.4, 0.5) is 13.2 Å². The summed E-state index contributed by atoms with van der Waals surface area (Å²) in [6.07, 6.45) is -4.49. The molecule has 0 aliphatic carbocycles. The number of carboxylic acids is 1. The monoisotopic (exact) mass is 255 g/mol. The van der Waals surface area contributed by atoms with E-state index in [1.54, 1.807) is 0 Å². The standard InChI is InChI=1S/C10H16F3NO3/c1-17-7-9(10(11,12)13)3-5-14(6-9)4-2-8(15)16/h2-7H2,1H3,(H,15,16). The Morgan fingerprint density at radius 2 is 2.18 bits per heavy atom. The Morgan fingerprint density at radius 3 is 2.65 bits per heavy atom. The topological polar surface area (TPSA) is 49.8 Å². The van der Waals surface area contributed by atoms with Gasteiger partial charge in [0.05, 0.1) is 13.0 Å². The maximum absolute atomic E-state index is 13.0. The molecule has 1 heterocycles. The van der Waals surface area contributed by atoms with E-state index in [0.717, 1.165) is 0 Å². The number of alkyl halides is 3. The van der Waals surface area contributed by atoms with Crippen molar-refractivity contribution in [1.29, 1.82) is 0 Å². The SMILES string of the molecule is COCC1(C(F)(F)F)CCN(CCC(=O)O)C1. The molecule has 0 aromatic carbocycles. The lowest BCUT2D eigenvalue weighted by Gasteiger charge is -2.31. The quantitative estimate of drug-likeness (QED) is 0.806. The fraction of sp³-hybridized carbons (Fsp3) is 0.900. The van der Waals surface area contributed by atoms with Crippen molar-refractivity contribution >= 4 is 5.97 Å². The Kier molecular flexibility index (Phi) is 4.37. The van der Waals surface area contributed by atoms with Crippen LogP contribution in [0.25, 0.3) is 0 Å². The van der Waals surface area contributed by atoms with Crippen LogP contribution >= 0.6 is 0 Å². The molecule has 1 fully saturated rings. The van der Waals surface area contributed by atoms with Crippen molar-refractivity contribution in [2.24, 2.45) is 5.41 Å². The summed E-state index contributed by atoms with van der Waals surface area (Å²) >= 11 is 0. The van der Waals surface area contributed by atoms with Gasteiger partial charge in [-0.3, -0.25) is 4.79 Å². The number of carboxylic acid groups (broad SMARTS) is 1. The van der Waals surface area contributed by atoms with E-state index < -0.39 is 17.6 Å². The zero-order valence-corrected chi connectivity index (χ0v) is 9.59. The molecule has 0 spiro atoms. The van der Waals surface area contributed by atoms with Gasteiger partial charge in [0.2, 0.25) is 0 Å². The van der Waals surface area contributed by atoms with Gasteiger partial charge in [0.15, 0.2) is 0 Å². The molecule has 0 aromatic rings. The summed E-state index contributed by atoms with van der Waals surface area (Å²) in [6.45, 7) is -0.148. The fourth-order valence-electron chi connectivity index (χ4n) is 2.11. The van der Waals surface area contributed by atoms with Gasteiger partial charge in [-0.1, -0.05) is 0 Å². The van der Waals surface area contributed by atoms with Gasteiger partial charge in [-0.25, -0.2) is 0 Å². The minimum Gasteiger partial charge on any atom is -0.481 e. The van der Waals surface area contributed by atoms with Gasteiger partial charge in [-0.05, 0) is 13.0 Å². The molecular weight excluding hydrogens is 239 g/mol. The first kappa shape index (κ1) is 14.2. The molecule has 1 unspecified atom stereocenters. The first-order chi connectivity index (χ1) is 7.81. The van der Waals surface area contributed by atoms with Crippen LogP contribution in [-0.2, 0) is 9.53 Å². The summed E-state index contributed by atoms with van der Waals surface area (Å²) in [7, 11) is 1.24. The van der Waals surface area contributed by atoms with Crippen molar-refractivity contribution < 1.29 is 27.8 Å². The Balaban J connectivity index is 2.62. The van der Waals surface area contributed by atoms with E-state index >= 15 is 0 Å². The van der Waals surface area contributed by atoms with Gasteiger partial charge < -0.3 is 14.7 Å². The third-order valence-electron chi connectivity index (χ3n) is 3.10. The number of hydrogen-bond acceptors (Lipinski definition) is 3. The Labute approximate surface area is 97.3 Å². The highest BCUT2D eigenvalue weighted by molar-refractivity contribution is 5.66. The first-order valence-corrected chi connectivity index (χ1v) is 5.30. The van der Waals surface area contributed by atoms with Crippen molar-refractivity contribution in [3.05, 3.63) is 0 Å². The van der Waals surface area contributed by atoms with E-state index in [-0.39, 0.29) is 39.1 Å². The van der Waals surface area contributed by atoms with Gasteiger partial charge >= 0.3 is 12.1 Å². The second kappa shape index (κ2) is 5.22. The highest BCUT2D eigenvalue weighted by Gasteiger charge is 2.57. The number of rotatable bonds is 5. The molecule has 0 amide bonds. The lowest BCUT2D eigenvalue weighted by atomic mass is 9.87. The largest absolute Gasteiger partial charge is 0.481 e. The summed E-state index contributed by atoms with van der Waals surface area (Å²) in [5, 5.41) is 8.49. The number of ether oxygens (including phenoxy) is 1. The van der Waals surface area contributed by atoms with Gasteiger partial charge in [-0.15, -0.1) is 0 Å². The van der Waals surface area contributed by atoms with E-state index in [2.05, 4.69) is 4.74 Å². The Hall–Kier alpha value is -0.820. The van der Waals surface area contributed by atoms with Crippen LogP contribution in [0.2, 0.25) is 0 Å². The molecule has 7 heteroatoms. The number of aliphatic carboxylic acids is 1. The number of carbonyl (C=O) groups is 1. The highest BCUT2D eigenvalue weighted by atomic mass is 19.4. The number of methoxy groups -OCH3 is 1. The molecule has 17 heavy (non-hydrogen) atoms. The molecule has 1 aliphatic heterocycles. The molecule has 1 N–H and O–H groups in total. The van der Waals surface area contributed by atoms with Crippen LogP contribution in [-0.4, -0.2) is 55.5 Å².